The third-order valence-electron chi connectivity index (χ3n) is 2.56. The van der Waals surface area contributed by atoms with Gasteiger partial charge in [-0.05, 0) is 12.5 Å². The van der Waals surface area contributed by atoms with Gasteiger partial charge in [-0.25, -0.2) is 0 Å². The van der Waals surface area contributed by atoms with Crippen molar-refractivity contribution >= 4 is 5.78 Å². The average Bonchev–Trinajstić information content (AvgIpc) is 2.59. The van der Waals surface area contributed by atoms with Crippen LogP contribution in [0.25, 0.3) is 0 Å². The van der Waals surface area contributed by atoms with E-state index in [0.29, 0.717) is 6.61 Å². The minimum Gasteiger partial charge on any atom is -0.502 e. The maximum Gasteiger partial charge on any atom is 0.243 e. The van der Waals surface area contributed by atoms with Gasteiger partial charge >= 0.3 is 0 Å². The molecule has 17 heavy (non-hydrogen) atoms. The van der Waals surface area contributed by atoms with Gasteiger partial charge in [0, 0.05) is 0 Å². The minimum absolute atomic E-state index is 0.148. The molecule has 0 bridgehead atoms. The first-order chi connectivity index (χ1) is 8.18. The SMILES string of the molecule is CC1=C(O)C(=O)C(COCc2ccccc2)O1. The normalized spacial score (nSPS) is 19.6. The summed E-state index contributed by atoms with van der Waals surface area (Å²) in [6.07, 6.45) is -0.710. The first-order valence-electron chi connectivity index (χ1n) is 5.41. The number of ether oxygens (including phenoxy) is 2. The van der Waals surface area contributed by atoms with Crippen molar-refractivity contribution in [3.8, 4) is 0 Å². The first-order valence-corrected chi connectivity index (χ1v) is 5.41. The van der Waals surface area contributed by atoms with E-state index in [1.165, 1.54) is 0 Å². The highest BCUT2D eigenvalue weighted by Gasteiger charge is 2.33. The molecule has 1 aromatic carbocycles. The molecule has 0 amide bonds. The van der Waals surface area contributed by atoms with Gasteiger partial charge in [0.25, 0.3) is 0 Å². The standard InChI is InChI=1S/C13H14O4/c1-9-12(14)13(15)11(17-9)8-16-7-10-5-3-2-4-6-10/h2-6,11,14H,7-8H2,1H3. The summed E-state index contributed by atoms with van der Waals surface area (Å²) in [5, 5.41) is 9.30. The molecule has 1 heterocycles. The predicted octanol–water partition coefficient (Wildman–Crippen LogP) is 1.96. The Balaban J connectivity index is 1.80. The molecule has 90 valence electrons. The van der Waals surface area contributed by atoms with Gasteiger partial charge < -0.3 is 14.6 Å². The summed E-state index contributed by atoms with van der Waals surface area (Å²) in [5.41, 5.74) is 1.03. The number of benzene rings is 1. The summed E-state index contributed by atoms with van der Waals surface area (Å²) in [5.74, 6) is -0.433. The number of carbonyl (C=O) groups excluding carboxylic acids is 1. The molecular formula is C13H14O4. The van der Waals surface area contributed by atoms with Crippen LogP contribution in [0.2, 0.25) is 0 Å². The molecule has 0 radical (unpaired) electrons. The highest BCUT2D eigenvalue weighted by atomic mass is 16.5. The molecule has 0 fully saturated rings. The monoisotopic (exact) mass is 234 g/mol. The largest absolute Gasteiger partial charge is 0.502 e. The highest BCUT2D eigenvalue weighted by molar-refractivity contribution is 5.99. The second-order valence-corrected chi connectivity index (χ2v) is 3.88. The van der Waals surface area contributed by atoms with Crippen LogP contribution in [0, 0.1) is 0 Å². The Morgan fingerprint density at radius 3 is 2.65 bits per heavy atom. The van der Waals surface area contributed by atoms with Crippen LogP contribution in [0.4, 0.5) is 0 Å². The van der Waals surface area contributed by atoms with Crippen molar-refractivity contribution in [2.45, 2.75) is 19.6 Å². The number of hydrogen-bond donors (Lipinski definition) is 1. The molecule has 1 N–H and O–H groups in total. The van der Waals surface area contributed by atoms with E-state index >= 15 is 0 Å². The Bertz CT molecular complexity index is 436. The Kier molecular flexibility index (Phi) is 3.44. The van der Waals surface area contributed by atoms with E-state index in [4.69, 9.17) is 9.47 Å². The summed E-state index contributed by atoms with van der Waals surface area (Å²) in [7, 11) is 0. The molecule has 0 aliphatic carbocycles. The lowest BCUT2D eigenvalue weighted by Crippen LogP contribution is -2.24. The van der Waals surface area contributed by atoms with Crippen LogP contribution in [-0.2, 0) is 20.9 Å². The number of ketones is 1. The molecule has 0 aromatic heterocycles. The smallest absolute Gasteiger partial charge is 0.243 e. The number of aliphatic hydroxyl groups excluding tert-OH is 1. The van der Waals surface area contributed by atoms with Gasteiger partial charge in [0.05, 0.1) is 13.2 Å². The van der Waals surface area contributed by atoms with Gasteiger partial charge in [-0.15, -0.1) is 0 Å². The van der Waals surface area contributed by atoms with Crippen LogP contribution in [0.1, 0.15) is 12.5 Å². The summed E-state index contributed by atoms with van der Waals surface area (Å²) in [6, 6.07) is 9.66. The molecule has 1 unspecified atom stereocenters. The maximum atomic E-state index is 11.4. The molecule has 1 aromatic rings. The first kappa shape index (κ1) is 11.7. The Hall–Kier alpha value is -1.81. The quantitative estimate of drug-likeness (QED) is 0.865. The molecule has 4 heteroatoms. The number of aliphatic hydroxyl groups is 1. The molecule has 1 aliphatic rings. The predicted molar refractivity (Wildman–Crippen MR) is 61.3 cm³/mol. The zero-order valence-corrected chi connectivity index (χ0v) is 9.55. The average molecular weight is 234 g/mol. The summed E-state index contributed by atoms with van der Waals surface area (Å²) in [6.45, 7) is 2.13. The molecule has 1 atom stereocenters. The molecule has 2 rings (SSSR count). The van der Waals surface area contributed by atoms with Crippen molar-refractivity contribution < 1.29 is 19.4 Å². The lowest BCUT2D eigenvalue weighted by atomic mass is 10.2. The fourth-order valence-electron chi connectivity index (χ4n) is 1.62. The van der Waals surface area contributed by atoms with Gasteiger partial charge in [0.15, 0.2) is 6.10 Å². The van der Waals surface area contributed by atoms with E-state index in [9.17, 15) is 9.90 Å². The summed E-state index contributed by atoms with van der Waals surface area (Å²) in [4.78, 5) is 11.4. The van der Waals surface area contributed by atoms with Gasteiger partial charge in [0.2, 0.25) is 11.5 Å². The number of allylic oxidation sites excluding steroid dienone is 1. The fourth-order valence-corrected chi connectivity index (χ4v) is 1.62. The zero-order valence-electron chi connectivity index (χ0n) is 9.55. The van der Waals surface area contributed by atoms with Gasteiger partial charge in [-0.1, -0.05) is 30.3 Å². The van der Waals surface area contributed by atoms with Crippen LogP contribution in [0.3, 0.4) is 0 Å². The molecule has 0 saturated carbocycles. The second-order valence-electron chi connectivity index (χ2n) is 3.88. The number of rotatable bonds is 4. The van der Waals surface area contributed by atoms with E-state index in [2.05, 4.69) is 0 Å². The van der Waals surface area contributed by atoms with E-state index in [0.717, 1.165) is 5.56 Å². The van der Waals surface area contributed by atoms with Gasteiger partial charge in [-0.3, -0.25) is 4.79 Å². The highest BCUT2D eigenvalue weighted by Crippen LogP contribution is 2.19. The minimum atomic E-state index is -0.710. The third kappa shape index (κ3) is 2.65. The van der Waals surface area contributed by atoms with E-state index in [-0.39, 0.29) is 18.1 Å². The number of carbonyl (C=O) groups is 1. The summed E-state index contributed by atoms with van der Waals surface area (Å²) >= 11 is 0. The Labute approximate surface area is 99.5 Å². The van der Waals surface area contributed by atoms with Crippen molar-refractivity contribution in [3.63, 3.8) is 0 Å². The molecule has 1 aliphatic heterocycles. The lowest BCUT2D eigenvalue weighted by Gasteiger charge is -2.10. The van der Waals surface area contributed by atoms with E-state index < -0.39 is 11.9 Å². The van der Waals surface area contributed by atoms with Crippen molar-refractivity contribution in [3.05, 3.63) is 47.4 Å². The van der Waals surface area contributed by atoms with E-state index in [1.807, 2.05) is 30.3 Å². The fraction of sp³-hybridized carbons (Fsp3) is 0.308. The Morgan fingerprint density at radius 2 is 2.06 bits per heavy atom. The number of Topliss-reactive ketones (excluding diaryl/α,β-unsaturated/α-hetero) is 1. The van der Waals surface area contributed by atoms with Crippen LogP contribution < -0.4 is 0 Å². The maximum absolute atomic E-state index is 11.4. The topological polar surface area (TPSA) is 55.8 Å². The molecule has 0 spiro atoms. The molecule has 4 nitrogen and oxygen atoms in total. The summed E-state index contributed by atoms with van der Waals surface area (Å²) < 4.78 is 10.6. The van der Waals surface area contributed by atoms with Gasteiger partial charge in [0.1, 0.15) is 5.76 Å². The van der Waals surface area contributed by atoms with Gasteiger partial charge in [-0.2, -0.15) is 0 Å². The van der Waals surface area contributed by atoms with Crippen molar-refractivity contribution in [1.82, 2.24) is 0 Å². The van der Waals surface area contributed by atoms with E-state index in [1.54, 1.807) is 6.92 Å². The molecule has 0 saturated heterocycles. The third-order valence-corrected chi connectivity index (χ3v) is 2.56. The molecular weight excluding hydrogens is 220 g/mol. The number of hydrogen-bond acceptors (Lipinski definition) is 4. The van der Waals surface area contributed by atoms with Crippen LogP contribution in [-0.4, -0.2) is 23.6 Å². The second kappa shape index (κ2) is 5.01. The lowest BCUT2D eigenvalue weighted by molar-refractivity contribution is -0.126. The zero-order chi connectivity index (χ0) is 12.3. The van der Waals surface area contributed by atoms with Crippen LogP contribution in [0.5, 0.6) is 0 Å². The van der Waals surface area contributed by atoms with Crippen molar-refractivity contribution in [2.75, 3.05) is 6.61 Å². The van der Waals surface area contributed by atoms with Crippen molar-refractivity contribution in [2.24, 2.45) is 0 Å². The van der Waals surface area contributed by atoms with Crippen molar-refractivity contribution in [1.29, 1.82) is 0 Å². The Morgan fingerprint density at radius 1 is 1.35 bits per heavy atom. The van der Waals surface area contributed by atoms with Crippen LogP contribution in [0.15, 0.2) is 41.9 Å². The van der Waals surface area contributed by atoms with Crippen LogP contribution >= 0.6 is 0 Å².